The summed E-state index contributed by atoms with van der Waals surface area (Å²) < 4.78 is 13.3. The molecule has 1 saturated heterocycles. The van der Waals surface area contributed by atoms with Crippen molar-refractivity contribution in [3.63, 3.8) is 0 Å². The molecule has 88 valence electrons. The first-order valence-corrected chi connectivity index (χ1v) is 6.76. The molecule has 0 aliphatic carbocycles. The third-order valence-electron chi connectivity index (χ3n) is 3.02. The lowest BCUT2D eigenvalue weighted by Gasteiger charge is -2.22. The standard InChI is InChI=1S/C13H18FNS/c1-13(6-3-7-16-13)10-15-9-11-4-2-5-12(14)8-11/h2,4-5,8,15H,3,6-7,9-10H2,1H3. The summed E-state index contributed by atoms with van der Waals surface area (Å²) in [7, 11) is 0. The van der Waals surface area contributed by atoms with Crippen LogP contribution in [0.4, 0.5) is 4.39 Å². The van der Waals surface area contributed by atoms with E-state index in [1.807, 2.05) is 17.8 Å². The maximum atomic E-state index is 12.9. The van der Waals surface area contributed by atoms with E-state index in [4.69, 9.17) is 0 Å². The average Bonchev–Trinajstić information content (AvgIpc) is 2.65. The molecule has 1 aromatic rings. The topological polar surface area (TPSA) is 12.0 Å². The fraction of sp³-hybridized carbons (Fsp3) is 0.538. The minimum Gasteiger partial charge on any atom is -0.311 e. The number of thioether (sulfide) groups is 1. The van der Waals surface area contributed by atoms with E-state index >= 15 is 0 Å². The predicted octanol–water partition coefficient (Wildman–Crippen LogP) is 3.20. The largest absolute Gasteiger partial charge is 0.311 e. The van der Waals surface area contributed by atoms with Crippen molar-refractivity contribution in [3.05, 3.63) is 35.6 Å². The second kappa shape index (κ2) is 5.19. The molecule has 1 unspecified atom stereocenters. The summed E-state index contributed by atoms with van der Waals surface area (Å²) in [5, 5.41) is 3.42. The van der Waals surface area contributed by atoms with Gasteiger partial charge in [0.1, 0.15) is 5.82 Å². The molecule has 1 heterocycles. The molecule has 1 aliphatic rings. The molecule has 2 rings (SSSR count). The zero-order chi connectivity index (χ0) is 11.4. The number of halogens is 1. The quantitative estimate of drug-likeness (QED) is 0.866. The Balaban J connectivity index is 1.79. The molecular formula is C13H18FNS. The number of rotatable bonds is 4. The van der Waals surface area contributed by atoms with Crippen LogP contribution in [0.2, 0.25) is 0 Å². The van der Waals surface area contributed by atoms with E-state index in [2.05, 4.69) is 12.2 Å². The molecule has 0 aromatic heterocycles. The van der Waals surface area contributed by atoms with Gasteiger partial charge in [0.15, 0.2) is 0 Å². The van der Waals surface area contributed by atoms with E-state index in [-0.39, 0.29) is 5.82 Å². The molecule has 1 aliphatic heterocycles. The van der Waals surface area contributed by atoms with Gasteiger partial charge in [0.25, 0.3) is 0 Å². The predicted molar refractivity (Wildman–Crippen MR) is 68.2 cm³/mol. The Morgan fingerprint density at radius 3 is 3.06 bits per heavy atom. The van der Waals surface area contributed by atoms with Gasteiger partial charge in [-0.15, -0.1) is 0 Å². The van der Waals surface area contributed by atoms with Gasteiger partial charge < -0.3 is 5.32 Å². The Hall–Kier alpha value is -0.540. The van der Waals surface area contributed by atoms with Gasteiger partial charge >= 0.3 is 0 Å². The molecule has 16 heavy (non-hydrogen) atoms. The first kappa shape index (κ1) is 11.9. The van der Waals surface area contributed by atoms with Crippen LogP contribution in [0.25, 0.3) is 0 Å². The SMILES string of the molecule is CC1(CNCc2cccc(F)c2)CCCS1. The van der Waals surface area contributed by atoms with Crippen LogP contribution in [-0.2, 0) is 6.54 Å². The molecule has 1 nitrogen and oxygen atoms in total. The van der Waals surface area contributed by atoms with Crippen LogP contribution in [0.15, 0.2) is 24.3 Å². The third kappa shape index (κ3) is 3.22. The monoisotopic (exact) mass is 239 g/mol. The minimum atomic E-state index is -0.152. The summed E-state index contributed by atoms with van der Waals surface area (Å²) in [5.74, 6) is 1.12. The highest BCUT2D eigenvalue weighted by molar-refractivity contribution is 8.00. The molecule has 0 radical (unpaired) electrons. The normalized spacial score (nSPS) is 24.9. The van der Waals surface area contributed by atoms with Crippen molar-refractivity contribution in [2.45, 2.75) is 31.1 Å². The van der Waals surface area contributed by atoms with E-state index in [9.17, 15) is 4.39 Å². The molecule has 0 saturated carbocycles. The zero-order valence-corrected chi connectivity index (χ0v) is 10.4. The lowest BCUT2D eigenvalue weighted by Crippen LogP contribution is -2.32. The maximum absolute atomic E-state index is 12.9. The Morgan fingerprint density at radius 1 is 1.50 bits per heavy atom. The molecule has 0 bridgehead atoms. The van der Waals surface area contributed by atoms with Crippen molar-refractivity contribution in [2.75, 3.05) is 12.3 Å². The second-order valence-corrected chi connectivity index (χ2v) is 6.32. The van der Waals surface area contributed by atoms with E-state index in [1.54, 1.807) is 12.1 Å². The third-order valence-corrected chi connectivity index (χ3v) is 4.56. The van der Waals surface area contributed by atoms with E-state index in [0.29, 0.717) is 4.75 Å². The molecule has 1 fully saturated rings. The van der Waals surface area contributed by atoms with Gasteiger partial charge in [0, 0.05) is 17.8 Å². The highest BCUT2D eigenvalue weighted by atomic mass is 32.2. The number of nitrogens with one attached hydrogen (secondary N) is 1. The average molecular weight is 239 g/mol. The summed E-state index contributed by atoms with van der Waals surface area (Å²) >= 11 is 2.05. The van der Waals surface area contributed by atoms with Crippen molar-refractivity contribution in [2.24, 2.45) is 0 Å². The number of benzene rings is 1. The fourth-order valence-electron chi connectivity index (χ4n) is 2.09. The van der Waals surface area contributed by atoms with Crippen LogP contribution in [0.3, 0.4) is 0 Å². The molecule has 1 N–H and O–H groups in total. The lowest BCUT2D eigenvalue weighted by atomic mass is 10.1. The smallest absolute Gasteiger partial charge is 0.123 e. The van der Waals surface area contributed by atoms with Gasteiger partial charge in [-0.05, 0) is 43.2 Å². The van der Waals surface area contributed by atoms with Crippen LogP contribution in [0.1, 0.15) is 25.3 Å². The minimum absolute atomic E-state index is 0.152. The maximum Gasteiger partial charge on any atom is 0.123 e. The number of hydrogen-bond acceptors (Lipinski definition) is 2. The number of hydrogen-bond donors (Lipinski definition) is 1. The van der Waals surface area contributed by atoms with Crippen LogP contribution in [0, 0.1) is 5.82 Å². The fourth-order valence-corrected chi connectivity index (χ4v) is 3.37. The van der Waals surface area contributed by atoms with Crippen LogP contribution in [-0.4, -0.2) is 17.0 Å². The van der Waals surface area contributed by atoms with Crippen molar-refractivity contribution in [1.29, 1.82) is 0 Å². The lowest BCUT2D eigenvalue weighted by molar-refractivity contribution is 0.535. The Labute approximate surface area is 101 Å². The summed E-state index contributed by atoms with van der Waals surface area (Å²) in [6, 6.07) is 6.80. The molecule has 1 atom stereocenters. The van der Waals surface area contributed by atoms with Crippen LogP contribution >= 0.6 is 11.8 Å². The van der Waals surface area contributed by atoms with E-state index in [0.717, 1.165) is 18.7 Å². The summed E-state index contributed by atoms with van der Waals surface area (Å²) in [4.78, 5) is 0. The van der Waals surface area contributed by atoms with Gasteiger partial charge in [-0.3, -0.25) is 0 Å². The Kier molecular flexibility index (Phi) is 3.87. The summed E-state index contributed by atoms with van der Waals surface area (Å²) in [6.07, 6.45) is 2.61. The Bertz CT molecular complexity index is 348. The molecule has 0 spiro atoms. The molecule has 0 amide bonds. The van der Waals surface area contributed by atoms with Crippen molar-refractivity contribution in [1.82, 2.24) is 5.32 Å². The Morgan fingerprint density at radius 2 is 2.38 bits per heavy atom. The molecule has 3 heteroatoms. The van der Waals surface area contributed by atoms with Gasteiger partial charge in [-0.25, -0.2) is 4.39 Å². The highest BCUT2D eigenvalue weighted by Crippen LogP contribution is 2.36. The van der Waals surface area contributed by atoms with Crippen LogP contribution in [0.5, 0.6) is 0 Å². The van der Waals surface area contributed by atoms with Crippen LogP contribution < -0.4 is 5.32 Å². The molecular weight excluding hydrogens is 221 g/mol. The van der Waals surface area contributed by atoms with E-state index in [1.165, 1.54) is 24.7 Å². The molecule has 1 aromatic carbocycles. The van der Waals surface area contributed by atoms with Crippen molar-refractivity contribution in [3.8, 4) is 0 Å². The highest BCUT2D eigenvalue weighted by Gasteiger charge is 2.28. The van der Waals surface area contributed by atoms with Gasteiger partial charge in [0.2, 0.25) is 0 Å². The van der Waals surface area contributed by atoms with E-state index < -0.39 is 0 Å². The van der Waals surface area contributed by atoms with Crippen molar-refractivity contribution < 1.29 is 4.39 Å². The van der Waals surface area contributed by atoms with Gasteiger partial charge in [-0.2, -0.15) is 11.8 Å². The second-order valence-electron chi connectivity index (χ2n) is 4.64. The van der Waals surface area contributed by atoms with Gasteiger partial charge in [0.05, 0.1) is 0 Å². The van der Waals surface area contributed by atoms with Gasteiger partial charge in [-0.1, -0.05) is 12.1 Å². The zero-order valence-electron chi connectivity index (χ0n) is 9.63. The first-order chi connectivity index (χ1) is 7.68. The first-order valence-electron chi connectivity index (χ1n) is 5.77. The summed E-state index contributed by atoms with van der Waals surface area (Å²) in [6.45, 7) is 4.07. The van der Waals surface area contributed by atoms with Crippen molar-refractivity contribution >= 4 is 11.8 Å². The summed E-state index contributed by atoms with van der Waals surface area (Å²) in [5.41, 5.74) is 1.02.